The van der Waals surface area contributed by atoms with E-state index in [-0.39, 0.29) is 11.6 Å². The molecular formula is C8H9FOS. The molecule has 0 unspecified atom stereocenters. The van der Waals surface area contributed by atoms with Crippen LogP contribution in [-0.4, -0.2) is 6.61 Å². The van der Waals surface area contributed by atoms with E-state index in [9.17, 15) is 4.39 Å². The fraction of sp³-hybridized carbons (Fsp3) is 0.250. The number of hydrogen-bond donors (Lipinski definition) is 1. The first-order valence-corrected chi connectivity index (χ1v) is 3.80. The molecule has 1 aromatic rings. The van der Waals surface area contributed by atoms with Gasteiger partial charge in [0.15, 0.2) is 11.6 Å². The van der Waals surface area contributed by atoms with Crippen LogP contribution in [0.3, 0.4) is 0 Å². The molecule has 0 bridgehead atoms. The van der Waals surface area contributed by atoms with Crippen molar-refractivity contribution < 1.29 is 9.13 Å². The number of hydrogen-bond acceptors (Lipinski definition) is 2. The molecule has 0 N–H and O–H groups in total. The molecule has 3 heteroatoms. The Morgan fingerprint density at radius 2 is 2.27 bits per heavy atom. The monoisotopic (exact) mass is 172 g/mol. The SMILES string of the molecule is CCOc1ccc(S)cc1F. The largest absolute Gasteiger partial charge is 0.491 e. The second-order valence-corrected chi connectivity index (χ2v) is 2.56. The normalized spacial score (nSPS) is 9.73. The first-order chi connectivity index (χ1) is 5.24. The van der Waals surface area contributed by atoms with Gasteiger partial charge in [-0.05, 0) is 25.1 Å². The highest BCUT2D eigenvalue weighted by molar-refractivity contribution is 7.80. The second kappa shape index (κ2) is 3.62. The predicted octanol–water partition coefficient (Wildman–Crippen LogP) is 2.51. The Morgan fingerprint density at radius 3 is 2.82 bits per heavy atom. The molecule has 0 fully saturated rings. The highest BCUT2D eigenvalue weighted by Crippen LogP contribution is 2.19. The number of rotatable bonds is 2. The fourth-order valence-corrected chi connectivity index (χ4v) is 0.950. The van der Waals surface area contributed by atoms with Crippen LogP contribution in [0.1, 0.15) is 6.92 Å². The summed E-state index contributed by atoms with van der Waals surface area (Å²) in [5, 5.41) is 0. The third kappa shape index (κ3) is 2.12. The van der Waals surface area contributed by atoms with Gasteiger partial charge in [-0.1, -0.05) is 0 Å². The lowest BCUT2D eigenvalue weighted by atomic mass is 10.3. The van der Waals surface area contributed by atoms with Crippen LogP contribution in [-0.2, 0) is 0 Å². The third-order valence-corrected chi connectivity index (χ3v) is 1.49. The average Bonchev–Trinajstić information content (AvgIpc) is 1.95. The zero-order valence-corrected chi connectivity index (χ0v) is 7.07. The van der Waals surface area contributed by atoms with Crippen LogP contribution >= 0.6 is 12.6 Å². The standard InChI is InChI=1S/C8H9FOS/c1-2-10-8-4-3-6(11)5-7(8)9/h3-5,11H,2H2,1H3. The molecule has 1 rings (SSSR count). The highest BCUT2D eigenvalue weighted by atomic mass is 32.1. The third-order valence-electron chi connectivity index (χ3n) is 1.22. The van der Waals surface area contributed by atoms with E-state index in [2.05, 4.69) is 12.6 Å². The van der Waals surface area contributed by atoms with Gasteiger partial charge in [-0.25, -0.2) is 4.39 Å². The summed E-state index contributed by atoms with van der Waals surface area (Å²) >= 11 is 3.97. The van der Waals surface area contributed by atoms with E-state index in [4.69, 9.17) is 4.74 Å². The van der Waals surface area contributed by atoms with Gasteiger partial charge >= 0.3 is 0 Å². The smallest absolute Gasteiger partial charge is 0.166 e. The summed E-state index contributed by atoms with van der Waals surface area (Å²) in [6.45, 7) is 2.29. The molecule has 0 radical (unpaired) electrons. The average molecular weight is 172 g/mol. The molecule has 0 heterocycles. The molecule has 1 aromatic carbocycles. The Hall–Kier alpha value is -0.700. The number of ether oxygens (including phenoxy) is 1. The minimum absolute atomic E-state index is 0.283. The van der Waals surface area contributed by atoms with Gasteiger partial charge < -0.3 is 4.74 Å². The molecule has 0 saturated carbocycles. The van der Waals surface area contributed by atoms with Gasteiger partial charge in [0.05, 0.1) is 6.61 Å². The molecule has 1 nitrogen and oxygen atoms in total. The molecule has 0 amide bonds. The summed E-state index contributed by atoms with van der Waals surface area (Å²) in [6, 6.07) is 4.59. The van der Waals surface area contributed by atoms with E-state index < -0.39 is 0 Å². The van der Waals surface area contributed by atoms with Crippen molar-refractivity contribution in [1.29, 1.82) is 0 Å². The molecule has 11 heavy (non-hydrogen) atoms. The lowest BCUT2D eigenvalue weighted by Crippen LogP contribution is -1.93. The van der Waals surface area contributed by atoms with Crippen LogP contribution in [0.25, 0.3) is 0 Å². The Morgan fingerprint density at radius 1 is 1.55 bits per heavy atom. The first-order valence-electron chi connectivity index (χ1n) is 3.35. The summed E-state index contributed by atoms with van der Waals surface area (Å²) in [6.07, 6.45) is 0. The topological polar surface area (TPSA) is 9.23 Å². The Labute approximate surface area is 70.6 Å². The minimum Gasteiger partial charge on any atom is -0.491 e. The van der Waals surface area contributed by atoms with Crippen LogP contribution in [0.5, 0.6) is 5.75 Å². The van der Waals surface area contributed by atoms with Gasteiger partial charge in [0.1, 0.15) is 0 Å². The van der Waals surface area contributed by atoms with E-state index in [1.54, 1.807) is 12.1 Å². The minimum atomic E-state index is -0.362. The lowest BCUT2D eigenvalue weighted by molar-refractivity contribution is 0.321. The number of benzene rings is 1. The summed E-state index contributed by atoms with van der Waals surface area (Å²) in [7, 11) is 0. The summed E-state index contributed by atoms with van der Waals surface area (Å²) < 4.78 is 17.8. The van der Waals surface area contributed by atoms with Gasteiger partial charge in [-0.15, -0.1) is 12.6 Å². The van der Waals surface area contributed by atoms with E-state index in [0.717, 1.165) is 0 Å². The molecule has 0 aliphatic rings. The van der Waals surface area contributed by atoms with Crippen molar-refractivity contribution in [2.45, 2.75) is 11.8 Å². The lowest BCUT2D eigenvalue weighted by Gasteiger charge is -2.03. The molecule has 0 aromatic heterocycles. The first kappa shape index (κ1) is 8.40. The van der Waals surface area contributed by atoms with Crippen LogP contribution in [0.15, 0.2) is 23.1 Å². The molecular weight excluding hydrogens is 163 g/mol. The Kier molecular flexibility index (Phi) is 2.76. The fourth-order valence-electron chi connectivity index (χ4n) is 0.762. The molecule has 0 aliphatic heterocycles. The van der Waals surface area contributed by atoms with Crippen molar-refractivity contribution in [2.24, 2.45) is 0 Å². The zero-order valence-electron chi connectivity index (χ0n) is 6.17. The number of halogens is 1. The van der Waals surface area contributed by atoms with Crippen molar-refractivity contribution in [3.8, 4) is 5.75 Å². The maximum absolute atomic E-state index is 12.9. The zero-order chi connectivity index (χ0) is 8.27. The maximum Gasteiger partial charge on any atom is 0.166 e. The predicted molar refractivity (Wildman–Crippen MR) is 44.8 cm³/mol. The Bertz CT molecular complexity index is 250. The van der Waals surface area contributed by atoms with Crippen molar-refractivity contribution in [3.63, 3.8) is 0 Å². The van der Waals surface area contributed by atoms with Crippen LogP contribution in [0.2, 0.25) is 0 Å². The van der Waals surface area contributed by atoms with E-state index in [1.165, 1.54) is 6.07 Å². The Balaban J connectivity index is 2.90. The molecule has 0 aliphatic carbocycles. The maximum atomic E-state index is 12.9. The van der Waals surface area contributed by atoms with Gasteiger partial charge in [0.2, 0.25) is 0 Å². The van der Waals surface area contributed by atoms with Crippen molar-refractivity contribution in [1.82, 2.24) is 0 Å². The van der Waals surface area contributed by atoms with Crippen molar-refractivity contribution >= 4 is 12.6 Å². The van der Waals surface area contributed by atoms with Gasteiger partial charge in [-0.2, -0.15) is 0 Å². The van der Waals surface area contributed by atoms with Crippen molar-refractivity contribution in [2.75, 3.05) is 6.61 Å². The van der Waals surface area contributed by atoms with E-state index >= 15 is 0 Å². The quantitative estimate of drug-likeness (QED) is 0.674. The van der Waals surface area contributed by atoms with Crippen LogP contribution in [0, 0.1) is 5.82 Å². The highest BCUT2D eigenvalue weighted by Gasteiger charge is 2.00. The summed E-state index contributed by atoms with van der Waals surface area (Å²) in [5.41, 5.74) is 0. The number of thiol groups is 1. The van der Waals surface area contributed by atoms with E-state index in [1.807, 2.05) is 6.92 Å². The molecule has 0 saturated heterocycles. The van der Waals surface area contributed by atoms with E-state index in [0.29, 0.717) is 11.5 Å². The second-order valence-electron chi connectivity index (χ2n) is 2.05. The van der Waals surface area contributed by atoms with Crippen LogP contribution < -0.4 is 4.74 Å². The molecule has 0 spiro atoms. The summed E-state index contributed by atoms with van der Waals surface area (Å²) in [4.78, 5) is 0.603. The molecule has 0 atom stereocenters. The van der Waals surface area contributed by atoms with Gasteiger partial charge in [0, 0.05) is 4.90 Å². The van der Waals surface area contributed by atoms with Gasteiger partial charge in [-0.3, -0.25) is 0 Å². The molecule has 60 valence electrons. The van der Waals surface area contributed by atoms with Crippen molar-refractivity contribution in [3.05, 3.63) is 24.0 Å². The summed E-state index contributed by atoms with van der Waals surface area (Å²) in [5.74, 6) is -0.0790. The van der Waals surface area contributed by atoms with Gasteiger partial charge in [0.25, 0.3) is 0 Å². The van der Waals surface area contributed by atoms with Crippen LogP contribution in [0.4, 0.5) is 4.39 Å².